The number of rotatable bonds is 6. The van der Waals surface area contributed by atoms with E-state index in [2.05, 4.69) is 5.32 Å². The largest absolute Gasteiger partial charge is 0.481 e. The first-order valence-electron chi connectivity index (χ1n) is 6.29. The van der Waals surface area contributed by atoms with Gasteiger partial charge in [0.25, 0.3) is 0 Å². The number of unbranched alkanes of at least 4 members (excludes halogenated alkanes) is 1. The molecule has 0 aromatic heterocycles. The fourth-order valence-electron chi connectivity index (χ4n) is 2.12. The van der Waals surface area contributed by atoms with Crippen molar-refractivity contribution in [3.8, 4) is 0 Å². The highest BCUT2D eigenvalue weighted by Crippen LogP contribution is 2.18. The highest BCUT2D eigenvalue weighted by atomic mass is 16.4. The van der Waals surface area contributed by atoms with Gasteiger partial charge in [-0.1, -0.05) is 12.8 Å². The molecule has 1 amide bonds. The maximum atomic E-state index is 11.5. The van der Waals surface area contributed by atoms with E-state index in [1.165, 1.54) is 0 Å². The van der Waals surface area contributed by atoms with Crippen LogP contribution in [0.5, 0.6) is 0 Å². The minimum absolute atomic E-state index is 0.0821. The molecule has 0 aromatic rings. The highest BCUT2D eigenvalue weighted by Gasteiger charge is 2.23. The first kappa shape index (κ1) is 14.0. The smallest absolute Gasteiger partial charge is 0.303 e. The van der Waals surface area contributed by atoms with E-state index in [9.17, 15) is 14.7 Å². The molecule has 0 spiro atoms. The molecule has 0 bridgehead atoms. The minimum atomic E-state index is -0.826. The molecule has 0 saturated heterocycles. The summed E-state index contributed by atoms with van der Waals surface area (Å²) in [4.78, 5) is 21.8. The average molecular weight is 243 g/mol. The molecule has 1 fully saturated rings. The van der Waals surface area contributed by atoms with Crippen LogP contribution in [0, 0.1) is 0 Å². The third-order valence-corrected chi connectivity index (χ3v) is 3.12. The van der Waals surface area contributed by atoms with Crippen molar-refractivity contribution < 1.29 is 19.8 Å². The van der Waals surface area contributed by atoms with Crippen LogP contribution in [0.2, 0.25) is 0 Å². The Morgan fingerprint density at radius 2 is 1.76 bits per heavy atom. The number of carboxylic acid groups (broad SMARTS) is 1. The van der Waals surface area contributed by atoms with E-state index in [1.807, 2.05) is 0 Å². The van der Waals surface area contributed by atoms with Crippen molar-refractivity contribution in [1.82, 2.24) is 5.32 Å². The van der Waals surface area contributed by atoms with E-state index >= 15 is 0 Å². The van der Waals surface area contributed by atoms with Crippen LogP contribution in [0.1, 0.15) is 51.4 Å². The Morgan fingerprint density at radius 1 is 1.12 bits per heavy atom. The van der Waals surface area contributed by atoms with Gasteiger partial charge in [-0.25, -0.2) is 0 Å². The van der Waals surface area contributed by atoms with Crippen molar-refractivity contribution in [2.75, 3.05) is 0 Å². The number of aliphatic hydroxyl groups is 1. The van der Waals surface area contributed by atoms with Crippen LogP contribution in [0.15, 0.2) is 0 Å². The fraction of sp³-hybridized carbons (Fsp3) is 0.833. The van der Waals surface area contributed by atoms with Gasteiger partial charge in [-0.15, -0.1) is 0 Å². The molecular weight excluding hydrogens is 222 g/mol. The standard InChI is InChI=1S/C12H21NO4/c14-10-6-2-1-5-9(10)13-11(15)7-3-4-8-12(16)17/h9-10,14H,1-8H2,(H,13,15)(H,16,17)/t9-,10-/m1/s1. The molecule has 1 aliphatic rings. The van der Waals surface area contributed by atoms with Crippen LogP contribution in [0.25, 0.3) is 0 Å². The summed E-state index contributed by atoms with van der Waals surface area (Å²) in [6, 6.07) is -0.115. The number of hydrogen-bond donors (Lipinski definition) is 3. The summed E-state index contributed by atoms with van der Waals surface area (Å²) in [7, 11) is 0. The Morgan fingerprint density at radius 3 is 2.41 bits per heavy atom. The lowest BCUT2D eigenvalue weighted by Crippen LogP contribution is -2.44. The van der Waals surface area contributed by atoms with Crippen LogP contribution in [-0.2, 0) is 9.59 Å². The zero-order chi connectivity index (χ0) is 12.7. The van der Waals surface area contributed by atoms with Gasteiger partial charge in [-0.3, -0.25) is 9.59 Å². The van der Waals surface area contributed by atoms with Gasteiger partial charge in [-0.2, -0.15) is 0 Å². The third-order valence-electron chi connectivity index (χ3n) is 3.12. The molecule has 0 aromatic carbocycles. The predicted molar refractivity (Wildman–Crippen MR) is 62.5 cm³/mol. The van der Waals surface area contributed by atoms with Gasteiger partial charge in [0.2, 0.25) is 5.91 Å². The molecule has 1 saturated carbocycles. The molecule has 2 atom stereocenters. The monoisotopic (exact) mass is 243 g/mol. The summed E-state index contributed by atoms with van der Waals surface area (Å²) in [6.07, 6.45) is 4.79. The topological polar surface area (TPSA) is 86.6 Å². The van der Waals surface area contributed by atoms with E-state index in [0.717, 1.165) is 25.7 Å². The van der Waals surface area contributed by atoms with Crippen molar-refractivity contribution in [3.05, 3.63) is 0 Å². The van der Waals surface area contributed by atoms with E-state index < -0.39 is 12.1 Å². The fourth-order valence-corrected chi connectivity index (χ4v) is 2.12. The van der Waals surface area contributed by atoms with Gasteiger partial charge in [0, 0.05) is 12.8 Å². The zero-order valence-corrected chi connectivity index (χ0v) is 10.0. The lowest BCUT2D eigenvalue weighted by molar-refractivity contribution is -0.137. The van der Waals surface area contributed by atoms with E-state index in [1.54, 1.807) is 0 Å². The van der Waals surface area contributed by atoms with Gasteiger partial charge in [0.15, 0.2) is 0 Å². The van der Waals surface area contributed by atoms with Gasteiger partial charge in [0.1, 0.15) is 0 Å². The van der Waals surface area contributed by atoms with E-state index in [0.29, 0.717) is 19.3 Å². The molecule has 0 aliphatic heterocycles. The van der Waals surface area contributed by atoms with Gasteiger partial charge < -0.3 is 15.5 Å². The Bertz CT molecular complexity index is 267. The second kappa shape index (κ2) is 7.27. The first-order valence-corrected chi connectivity index (χ1v) is 6.29. The number of aliphatic carboxylic acids is 1. The molecule has 3 N–H and O–H groups in total. The molecule has 5 nitrogen and oxygen atoms in total. The summed E-state index contributed by atoms with van der Waals surface area (Å²) in [5.74, 6) is -0.908. The Hall–Kier alpha value is -1.10. The van der Waals surface area contributed by atoms with Gasteiger partial charge in [0.05, 0.1) is 12.1 Å². The SMILES string of the molecule is O=C(O)CCCCC(=O)N[C@@H]1CCCC[C@H]1O. The maximum absolute atomic E-state index is 11.5. The normalized spacial score (nSPS) is 24.3. The quantitative estimate of drug-likeness (QED) is 0.609. The van der Waals surface area contributed by atoms with Crippen LogP contribution in [0.4, 0.5) is 0 Å². The second-order valence-electron chi connectivity index (χ2n) is 4.63. The van der Waals surface area contributed by atoms with Crippen molar-refractivity contribution >= 4 is 11.9 Å². The molecule has 98 valence electrons. The number of hydrogen-bond acceptors (Lipinski definition) is 3. The summed E-state index contributed by atoms with van der Waals surface area (Å²) >= 11 is 0. The zero-order valence-electron chi connectivity index (χ0n) is 10.0. The summed E-state index contributed by atoms with van der Waals surface area (Å²) < 4.78 is 0. The molecule has 1 aliphatic carbocycles. The second-order valence-corrected chi connectivity index (χ2v) is 4.63. The molecule has 0 radical (unpaired) electrons. The van der Waals surface area contributed by atoms with Gasteiger partial charge in [-0.05, 0) is 25.7 Å². The number of aliphatic hydroxyl groups excluding tert-OH is 1. The molecular formula is C12H21NO4. The van der Waals surface area contributed by atoms with Crippen LogP contribution >= 0.6 is 0 Å². The third kappa shape index (κ3) is 5.68. The van der Waals surface area contributed by atoms with Crippen LogP contribution in [0.3, 0.4) is 0 Å². The Kier molecular flexibility index (Phi) is 5.97. The number of carbonyl (C=O) groups is 2. The Balaban J connectivity index is 2.13. The summed E-state index contributed by atoms with van der Waals surface area (Å²) in [5.41, 5.74) is 0. The number of nitrogens with one attached hydrogen (secondary N) is 1. The van der Waals surface area contributed by atoms with Crippen LogP contribution in [-0.4, -0.2) is 34.2 Å². The summed E-state index contributed by atoms with van der Waals surface area (Å²) in [6.45, 7) is 0. The molecule has 5 heteroatoms. The molecule has 17 heavy (non-hydrogen) atoms. The number of carboxylic acids is 1. The van der Waals surface area contributed by atoms with Crippen molar-refractivity contribution in [2.24, 2.45) is 0 Å². The summed E-state index contributed by atoms with van der Waals surface area (Å²) in [5, 5.41) is 20.9. The van der Waals surface area contributed by atoms with E-state index in [4.69, 9.17) is 5.11 Å². The minimum Gasteiger partial charge on any atom is -0.481 e. The van der Waals surface area contributed by atoms with Crippen molar-refractivity contribution in [3.63, 3.8) is 0 Å². The highest BCUT2D eigenvalue weighted by molar-refractivity contribution is 5.76. The van der Waals surface area contributed by atoms with Gasteiger partial charge >= 0.3 is 5.97 Å². The van der Waals surface area contributed by atoms with E-state index in [-0.39, 0.29) is 18.4 Å². The van der Waals surface area contributed by atoms with Crippen molar-refractivity contribution in [2.45, 2.75) is 63.5 Å². The maximum Gasteiger partial charge on any atom is 0.303 e. The molecule has 0 unspecified atom stereocenters. The number of amides is 1. The lowest BCUT2D eigenvalue weighted by Gasteiger charge is -2.28. The lowest BCUT2D eigenvalue weighted by atomic mass is 9.92. The predicted octanol–water partition coefficient (Wildman–Crippen LogP) is 1.05. The molecule has 1 rings (SSSR count). The molecule has 0 heterocycles. The first-order chi connectivity index (χ1) is 8.09. The Labute approximate surface area is 101 Å². The average Bonchev–Trinajstić information content (AvgIpc) is 2.27. The van der Waals surface area contributed by atoms with Crippen molar-refractivity contribution in [1.29, 1.82) is 0 Å². The van der Waals surface area contributed by atoms with Crippen LogP contribution < -0.4 is 5.32 Å². The number of carbonyl (C=O) groups excluding carboxylic acids is 1.